The number of hydrogen-bond acceptors (Lipinski definition) is 3. The summed E-state index contributed by atoms with van der Waals surface area (Å²) in [6, 6.07) is 15.0. The molecule has 23 heavy (non-hydrogen) atoms. The van der Waals surface area contributed by atoms with Gasteiger partial charge in [0.1, 0.15) is 5.75 Å². The summed E-state index contributed by atoms with van der Waals surface area (Å²) in [6.45, 7) is 2.02. The summed E-state index contributed by atoms with van der Waals surface area (Å²) in [5.41, 5.74) is 8.03. The van der Waals surface area contributed by atoms with Gasteiger partial charge in [-0.15, -0.1) is 12.4 Å². The molecule has 0 heterocycles. The quantitative estimate of drug-likeness (QED) is 0.852. The molecule has 0 aliphatic carbocycles. The standard InChI is InChI=1S/C18H22N2O2.ClH/c1-13(11-14-7-4-5-10-17(14)22-3)20(2)18(21)15-8-6-9-16(19)12-15;/h4-10,12-13H,11,19H2,1-3H3;1H. The van der Waals surface area contributed by atoms with Crippen LogP contribution in [-0.4, -0.2) is 31.0 Å². The van der Waals surface area contributed by atoms with Crippen LogP contribution < -0.4 is 10.5 Å². The van der Waals surface area contributed by atoms with Crippen LogP contribution in [0.5, 0.6) is 5.75 Å². The van der Waals surface area contributed by atoms with Crippen molar-refractivity contribution in [3.05, 3.63) is 59.7 Å². The van der Waals surface area contributed by atoms with Crippen molar-refractivity contribution in [2.75, 3.05) is 19.9 Å². The second-order valence-electron chi connectivity index (χ2n) is 5.41. The minimum atomic E-state index is -0.0327. The summed E-state index contributed by atoms with van der Waals surface area (Å²) in [7, 11) is 3.47. The van der Waals surface area contributed by atoms with Crippen molar-refractivity contribution >= 4 is 24.0 Å². The molecule has 124 valence electrons. The fraction of sp³-hybridized carbons (Fsp3) is 0.278. The van der Waals surface area contributed by atoms with E-state index >= 15 is 0 Å². The lowest BCUT2D eigenvalue weighted by atomic mass is 10.0. The minimum absolute atomic E-state index is 0. The van der Waals surface area contributed by atoms with Gasteiger partial charge in [-0.25, -0.2) is 0 Å². The molecule has 0 spiro atoms. The third-order valence-electron chi connectivity index (χ3n) is 3.82. The van der Waals surface area contributed by atoms with Crippen LogP contribution in [0, 0.1) is 0 Å². The molecule has 0 fully saturated rings. The van der Waals surface area contributed by atoms with Crippen LogP contribution in [-0.2, 0) is 6.42 Å². The number of hydrogen-bond donors (Lipinski definition) is 1. The van der Waals surface area contributed by atoms with Crippen LogP contribution in [0.3, 0.4) is 0 Å². The number of likely N-dealkylation sites (N-methyl/N-ethyl adjacent to an activating group) is 1. The van der Waals surface area contributed by atoms with Crippen molar-refractivity contribution in [1.82, 2.24) is 4.90 Å². The number of carbonyl (C=O) groups is 1. The number of rotatable bonds is 5. The molecule has 0 bridgehead atoms. The molecular formula is C18H23ClN2O2. The Bertz CT molecular complexity index is 661. The zero-order chi connectivity index (χ0) is 16.1. The van der Waals surface area contributed by atoms with E-state index < -0.39 is 0 Å². The van der Waals surface area contributed by atoms with Crippen LogP contribution in [0.15, 0.2) is 48.5 Å². The molecule has 4 nitrogen and oxygen atoms in total. The molecule has 1 unspecified atom stereocenters. The summed E-state index contributed by atoms with van der Waals surface area (Å²) in [5, 5.41) is 0. The van der Waals surface area contributed by atoms with Gasteiger partial charge in [0.15, 0.2) is 0 Å². The molecule has 0 aromatic heterocycles. The number of methoxy groups -OCH3 is 1. The Kier molecular flexibility index (Phi) is 6.91. The highest BCUT2D eigenvalue weighted by molar-refractivity contribution is 5.95. The Balaban J connectivity index is 0.00000264. The number of carbonyl (C=O) groups excluding carboxylic acids is 1. The number of para-hydroxylation sites is 1. The Morgan fingerprint density at radius 1 is 1.22 bits per heavy atom. The summed E-state index contributed by atoms with van der Waals surface area (Å²) >= 11 is 0. The van der Waals surface area contributed by atoms with Gasteiger partial charge < -0.3 is 15.4 Å². The number of nitrogens with zero attached hydrogens (tertiary/aromatic N) is 1. The van der Waals surface area contributed by atoms with E-state index in [2.05, 4.69) is 0 Å². The van der Waals surface area contributed by atoms with Gasteiger partial charge in [0, 0.05) is 24.3 Å². The minimum Gasteiger partial charge on any atom is -0.496 e. The number of anilines is 1. The number of amides is 1. The molecule has 0 aliphatic rings. The lowest BCUT2D eigenvalue weighted by molar-refractivity contribution is 0.0743. The second kappa shape index (κ2) is 8.44. The third-order valence-corrected chi connectivity index (χ3v) is 3.82. The number of benzene rings is 2. The highest BCUT2D eigenvalue weighted by Gasteiger charge is 2.19. The first-order valence-electron chi connectivity index (χ1n) is 7.27. The Morgan fingerprint density at radius 3 is 2.57 bits per heavy atom. The van der Waals surface area contributed by atoms with Crippen molar-refractivity contribution < 1.29 is 9.53 Å². The highest BCUT2D eigenvalue weighted by atomic mass is 35.5. The number of nitrogens with two attached hydrogens (primary N) is 1. The van der Waals surface area contributed by atoms with E-state index in [4.69, 9.17) is 10.5 Å². The fourth-order valence-corrected chi connectivity index (χ4v) is 2.40. The molecule has 0 saturated heterocycles. The fourth-order valence-electron chi connectivity index (χ4n) is 2.40. The summed E-state index contributed by atoms with van der Waals surface area (Å²) in [4.78, 5) is 14.3. The second-order valence-corrected chi connectivity index (χ2v) is 5.41. The molecular weight excluding hydrogens is 312 g/mol. The SMILES string of the molecule is COc1ccccc1CC(C)N(C)C(=O)c1cccc(N)c1.Cl. The summed E-state index contributed by atoms with van der Waals surface area (Å²) in [5.74, 6) is 0.814. The number of ether oxygens (including phenoxy) is 1. The zero-order valence-electron chi connectivity index (χ0n) is 13.7. The molecule has 1 amide bonds. The van der Waals surface area contributed by atoms with Gasteiger partial charge in [-0.3, -0.25) is 4.79 Å². The average molecular weight is 335 g/mol. The van der Waals surface area contributed by atoms with E-state index in [1.54, 1.807) is 36.3 Å². The van der Waals surface area contributed by atoms with Crippen molar-refractivity contribution in [2.24, 2.45) is 0 Å². The van der Waals surface area contributed by atoms with Gasteiger partial charge in [-0.2, -0.15) is 0 Å². The van der Waals surface area contributed by atoms with Crippen molar-refractivity contribution in [3.8, 4) is 5.75 Å². The van der Waals surface area contributed by atoms with Crippen LogP contribution >= 0.6 is 12.4 Å². The van der Waals surface area contributed by atoms with Gasteiger partial charge in [0.25, 0.3) is 5.91 Å². The normalized spacial score (nSPS) is 11.3. The molecule has 2 rings (SSSR count). The molecule has 1 atom stereocenters. The van der Waals surface area contributed by atoms with Crippen LogP contribution in [0.2, 0.25) is 0 Å². The van der Waals surface area contributed by atoms with Crippen LogP contribution in [0.4, 0.5) is 5.69 Å². The lowest BCUT2D eigenvalue weighted by Crippen LogP contribution is -2.36. The van der Waals surface area contributed by atoms with Crippen LogP contribution in [0.25, 0.3) is 0 Å². The predicted molar refractivity (Wildman–Crippen MR) is 96.4 cm³/mol. The van der Waals surface area contributed by atoms with E-state index in [9.17, 15) is 4.79 Å². The monoisotopic (exact) mass is 334 g/mol. The summed E-state index contributed by atoms with van der Waals surface area (Å²) in [6.07, 6.45) is 0.731. The smallest absolute Gasteiger partial charge is 0.253 e. The number of nitrogen functional groups attached to an aromatic ring is 1. The summed E-state index contributed by atoms with van der Waals surface area (Å²) < 4.78 is 5.37. The maximum atomic E-state index is 12.5. The van der Waals surface area contributed by atoms with Crippen LogP contribution in [0.1, 0.15) is 22.8 Å². The lowest BCUT2D eigenvalue weighted by Gasteiger charge is -2.26. The highest BCUT2D eigenvalue weighted by Crippen LogP contribution is 2.21. The molecule has 0 radical (unpaired) electrons. The maximum absolute atomic E-state index is 12.5. The van der Waals surface area contributed by atoms with E-state index in [1.165, 1.54) is 0 Å². The van der Waals surface area contributed by atoms with Gasteiger partial charge in [0.05, 0.1) is 7.11 Å². The van der Waals surface area contributed by atoms with E-state index in [-0.39, 0.29) is 24.4 Å². The van der Waals surface area contributed by atoms with E-state index in [1.807, 2.05) is 38.2 Å². The first kappa shape index (κ1) is 18.8. The number of halogens is 1. The first-order valence-corrected chi connectivity index (χ1v) is 7.27. The van der Waals surface area contributed by atoms with Crippen molar-refractivity contribution in [3.63, 3.8) is 0 Å². The molecule has 0 aliphatic heterocycles. The molecule has 2 N–H and O–H groups in total. The van der Waals surface area contributed by atoms with Crippen molar-refractivity contribution in [2.45, 2.75) is 19.4 Å². The van der Waals surface area contributed by atoms with Crippen molar-refractivity contribution in [1.29, 1.82) is 0 Å². The third kappa shape index (κ3) is 4.63. The van der Waals surface area contributed by atoms with E-state index in [0.717, 1.165) is 17.7 Å². The largest absolute Gasteiger partial charge is 0.496 e. The first-order chi connectivity index (χ1) is 10.5. The topological polar surface area (TPSA) is 55.6 Å². The Hall–Kier alpha value is -2.20. The maximum Gasteiger partial charge on any atom is 0.253 e. The molecule has 0 saturated carbocycles. The van der Waals surface area contributed by atoms with Gasteiger partial charge in [-0.05, 0) is 43.2 Å². The predicted octanol–water partition coefficient (Wildman–Crippen LogP) is 3.40. The molecule has 5 heteroatoms. The zero-order valence-corrected chi connectivity index (χ0v) is 14.5. The molecule has 2 aromatic carbocycles. The Morgan fingerprint density at radius 2 is 1.91 bits per heavy atom. The Labute approximate surface area is 143 Å². The van der Waals surface area contributed by atoms with Gasteiger partial charge in [0.2, 0.25) is 0 Å². The van der Waals surface area contributed by atoms with Gasteiger partial charge >= 0.3 is 0 Å². The molecule has 2 aromatic rings. The van der Waals surface area contributed by atoms with Gasteiger partial charge in [-0.1, -0.05) is 24.3 Å². The van der Waals surface area contributed by atoms with E-state index in [0.29, 0.717) is 11.3 Å². The average Bonchev–Trinajstić information content (AvgIpc) is 2.54.